The fraction of sp³-hybridized carbons (Fsp3) is 0.364. The summed E-state index contributed by atoms with van der Waals surface area (Å²) in [5.41, 5.74) is 4.79. The lowest BCUT2D eigenvalue weighted by Gasteiger charge is -2.23. The van der Waals surface area contributed by atoms with E-state index in [1.165, 1.54) is 16.9 Å². The van der Waals surface area contributed by atoms with Gasteiger partial charge in [-0.15, -0.1) is 0 Å². The molecule has 0 atom stereocenters. The average Bonchev–Trinajstić information content (AvgIpc) is 3.19. The Morgan fingerprint density at radius 1 is 1.00 bits per heavy atom. The Kier molecular flexibility index (Phi) is 4.60. The Morgan fingerprint density at radius 3 is 2.62 bits per heavy atom. The number of fused-ring (bicyclic) bond motifs is 2. The third-order valence-electron chi connectivity index (χ3n) is 5.93. The number of para-hydroxylation sites is 2. The van der Waals surface area contributed by atoms with E-state index in [0.717, 1.165) is 49.8 Å². The second-order valence-corrected chi connectivity index (χ2v) is 7.89. The van der Waals surface area contributed by atoms with Crippen LogP contribution in [0, 0.1) is 0 Å². The van der Waals surface area contributed by atoms with Crippen LogP contribution in [-0.4, -0.2) is 41.9 Å². The van der Waals surface area contributed by atoms with Crippen molar-refractivity contribution in [3.8, 4) is 0 Å². The van der Waals surface area contributed by atoms with Gasteiger partial charge in [0.15, 0.2) is 5.82 Å². The summed E-state index contributed by atoms with van der Waals surface area (Å²) in [7, 11) is 4.24. The van der Waals surface area contributed by atoms with Crippen molar-refractivity contribution >= 4 is 28.7 Å². The van der Waals surface area contributed by atoms with Crippen LogP contribution in [-0.2, 0) is 6.54 Å². The number of nitrogens with one attached hydrogen (secondary N) is 2. The van der Waals surface area contributed by atoms with Gasteiger partial charge < -0.3 is 20.4 Å². The van der Waals surface area contributed by atoms with Crippen LogP contribution in [0.4, 0.5) is 28.7 Å². The molecule has 1 saturated heterocycles. The zero-order valence-corrected chi connectivity index (χ0v) is 17.0. The largest absolute Gasteiger partial charge is 0.368 e. The molecule has 3 aromatic rings. The molecule has 2 aliphatic rings. The lowest BCUT2D eigenvalue weighted by atomic mass is 10.1. The number of piperidine rings is 1. The molecule has 0 radical (unpaired) electrons. The molecule has 0 spiro atoms. The second kappa shape index (κ2) is 7.40. The molecular weight excluding hydrogens is 362 g/mol. The van der Waals surface area contributed by atoms with Gasteiger partial charge in [0.25, 0.3) is 0 Å². The fourth-order valence-electron chi connectivity index (χ4n) is 4.33. The Morgan fingerprint density at radius 2 is 1.79 bits per heavy atom. The lowest BCUT2D eigenvalue weighted by molar-refractivity contribution is 0.344. The molecule has 4 heterocycles. The fourth-order valence-corrected chi connectivity index (χ4v) is 4.33. The maximum absolute atomic E-state index is 4.74. The van der Waals surface area contributed by atoms with Gasteiger partial charge in [-0.25, -0.2) is 4.98 Å². The van der Waals surface area contributed by atoms with Crippen molar-refractivity contribution in [2.45, 2.75) is 25.4 Å². The predicted octanol–water partition coefficient (Wildman–Crippen LogP) is 3.66. The summed E-state index contributed by atoms with van der Waals surface area (Å²) < 4.78 is 2.09. The molecule has 0 unspecified atom stereocenters. The third-order valence-corrected chi connectivity index (χ3v) is 5.93. The number of anilines is 5. The van der Waals surface area contributed by atoms with Crippen LogP contribution in [0.2, 0.25) is 0 Å². The van der Waals surface area contributed by atoms with Crippen molar-refractivity contribution < 1.29 is 0 Å². The van der Waals surface area contributed by atoms with Crippen LogP contribution in [0.5, 0.6) is 0 Å². The standard InChI is InChI=1S/C22H27N7/c1-27-15-16-14-24-22(13-20(16)28(2)19-6-4-3-5-18(19)27)25-21-9-12-29(26-21)17-7-10-23-11-8-17/h3-6,9,12-14,17,23H,7-8,10-11,15H2,1-2H3,(H,24,25,26). The molecule has 1 aromatic carbocycles. The summed E-state index contributed by atoms with van der Waals surface area (Å²) in [6.45, 7) is 2.94. The summed E-state index contributed by atoms with van der Waals surface area (Å²) in [6, 6.07) is 13.1. The minimum absolute atomic E-state index is 0.477. The van der Waals surface area contributed by atoms with Crippen LogP contribution >= 0.6 is 0 Å². The molecule has 2 aliphatic heterocycles. The van der Waals surface area contributed by atoms with Gasteiger partial charge in [0, 0.05) is 50.7 Å². The number of pyridine rings is 1. The molecular formula is C22H27N7. The SMILES string of the molecule is CN1Cc2cnc(Nc3ccn(C4CCNCC4)n3)cc2N(C)c2ccccc21. The molecule has 5 rings (SSSR count). The molecule has 29 heavy (non-hydrogen) atoms. The Hall–Kier alpha value is -3.06. The molecule has 2 aromatic heterocycles. The molecule has 2 N–H and O–H groups in total. The van der Waals surface area contributed by atoms with E-state index >= 15 is 0 Å². The first kappa shape index (κ1) is 18.0. The number of nitrogens with zero attached hydrogens (tertiary/aromatic N) is 5. The molecule has 0 aliphatic carbocycles. The first-order chi connectivity index (χ1) is 14.2. The maximum atomic E-state index is 4.74. The van der Waals surface area contributed by atoms with Gasteiger partial charge in [-0.1, -0.05) is 12.1 Å². The van der Waals surface area contributed by atoms with E-state index in [4.69, 9.17) is 5.10 Å². The molecule has 0 bridgehead atoms. The van der Waals surface area contributed by atoms with Gasteiger partial charge >= 0.3 is 0 Å². The van der Waals surface area contributed by atoms with Crippen LogP contribution in [0.15, 0.2) is 48.8 Å². The smallest absolute Gasteiger partial charge is 0.153 e. The van der Waals surface area contributed by atoms with Crippen LogP contribution in [0.25, 0.3) is 0 Å². The summed E-state index contributed by atoms with van der Waals surface area (Å²) in [5.74, 6) is 1.65. The summed E-state index contributed by atoms with van der Waals surface area (Å²) in [5, 5.41) is 11.5. The molecule has 1 fully saturated rings. The maximum Gasteiger partial charge on any atom is 0.153 e. The first-order valence-electron chi connectivity index (χ1n) is 10.2. The predicted molar refractivity (Wildman–Crippen MR) is 117 cm³/mol. The summed E-state index contributed by atoms with van der Waals surface area (Å²) in [4.78, 5) is 9.17. The van der Waals surface area contributed by atoms with Gasteiger partial charge in [0.05, 0.1) is 23.1 Å². The van der Waals surface area contributed by atoms with E-state index in [1.54, 1.807) is 0 Å². The average molecular weight is 390 g/mol. The lowest BCUT2D eigenvalue weighted by Crippen LogP contribution is -2.29. The van der Waals surface area contributed by atoms with Crippen LogP contribution < -0.4 is 20.4 Å². The van der Waals surface area contributed by atoms with Gasteiger partial charge in [-0.05, 0) is 38.1 Å². The number of rotatable bonds is 3. The number of benzene rings is 1. The Bertz CT molecular complexity index is 1010. The quantitative estimate of drug-likeness (QED) is 0.713. The van der Waals surface area contributed by atoms with Crippen molar-refractivity contribution in [3.63, 3.8) is 0 Å². The topological polar surface area (TPSA) is 61.3 Å². The molecule has 7 nitrogen and oxygen atoms in total. The number of aromatic nitrogens is 3. The van der Waals surface area contributed by atoms with Gasteiger partial charge in [-0.2, -0.15) is 5.10 Å². The Labute approximate surface area is 171 Å². The molecule has 7 heteroatoms. The van der Waals surface area contributed by atoms with Crippen molar-refractivity contribution in [2.75, 3.05) is 42.3 Å². The van der Waals surface area contributed by atoms with Crippen LogP contribution in [0.1, 0.15) is 24.4 Å². The van der Waals surface area contributed by atoms with E-state index in [2.05, 4.69) is 80.7 Å². The monoisotopic (exact) mass is 389 g/mol. The molecule has 0 amide bonds. The van der Waals surface area contributed by atoms with E-state index in [0.29, 0.717) is 6.04 Å². The Balaban J connectivity index is 1.41. The van der Waals surface area contributed by atoms with Crippen molar-refractivity contribution in [1.82, 2.24) is 20.1 Å². The highest BCUT2D eigenvalue weighted by molar-refractivity contribution is 5.81. The van der Waals surface area contributed by atoms with Gasteiger partial charge in [-0.3, -0.25) is 4.68 Å². The van der Waals surface area contributed by atoms with E-state index in [-0.39, 0.29) is 0 Å². The highest BCUT2D eigenvalue weighted by Gasteiger charge is 2.21. The molecule has 150 valence electrons. The zero-order valence-electron chi connectivity index (χ0n) is 17.0. The van der Waals surface area contributed by atoms with Crippen molar-refractivity contribution in [3.05, 3.63) is 54.4 Å². The van der Waals surface area contributed by atoms with E-state index in [9.17, 15) is 0 Å². The summed E-state index contributed by atoms with van der Waals surface area (Å²) >= 11 is 0. The third kappa shape index (κ3) is 3.42. The van der Waals surface area contributed by atoms with Gasteiger partial charge in [0.1, 0.15) is 5.82 Å². The van der Waals surface area contributed by atoms with Crippen molar-refractivity contribution in [2.24, 2.45) is 0 Å². The highest BCUT2D eigenvalue weighted by Crippen LogP contribution is 2.39. The zero-order chi connectivity index (χ0) is 19.8. The van der Waals surface area contributed by atoms with Gasteiger partial charge in [0.2, 0.25) is 0 Å². The minimum Gasteiger partial charge on any atom is -0.368 e. The van der Waals surface area contributed by atoms with E-state index < -0.39 is 0 Å². The van der Waals surface area contributed by atoms with Crippen LogP contribution in [0.3, 0.4) is 0 Å². The first-order valence-corrected chi connectivity index (χ1v) is 10.2. The second-order valence-electron chi connectivity index (χ2n) is 7.89. The van der Waals surface area contributed by atoms with Crippen molar-refractivity contribution in [1.29, 1.82) is 0 Å². The normalized spacial score (nSPS) is 16.9. The summed E-state index contributed by atoms with van der Waals surface area (Å²) in [6.07, 6.45) is 6.28. The highest BCUT2D eigenvalue weighted by atomic mass is 15.3. The molecule has 0 saturated carbocycles. The number of hydrogen-bond donors (Lipinski definition) is 2. The van der Waals surface area contributed by atoms with E-state index in [1.807, 2.05) is 12.3 Å². The minimum atomic E-state index is 0.477. The number of hydrogen-bond acceptors (Lipinski definition) is 6.